The largest absolute Gasteiger partial charge is 0.354 e. The van der Waals surface area contributed by atoms with Crippen molar-refractivity contribution in [3.05, 3.63) is 10.9 Å². The molecule has 2 aromatic rings. The minimum Gasteiger partial charge on any atom is -0.354 e. The van der Waals surface area contributed by atoms with Crippen molar-refractivity contribution in [1.82, 2.24) is 9.97 Å². The molecule has 7 heteroatoms. The summed E-state index contributed by atoms with van der Waals surface area (Å²) in [5, 5.41) is 1.85. The Hall–Kier alpha value is -1.05. The Morgan fingerprint density at radius 3 is 3.00 bits per heavy atom. The third kappa shape index (κ3) is 2.95. The molecule has 3 rings (SSSR count). The SMILES string of the molecule is CCc1cc2c(N3CCSC(CC)C3)nc(NN)nc2s1. The second-order valence-electron chi connectivity index (χ2n) is 5.15. The van der Waals surface area contributed by atoms with E-state index in [9.17, 15) is 0 Å². The molecule has 1 aliphatic rings. The van der Waals surface area contributed by atoms with Crippen LogP contribution in [0.5, 0.6) is 0 Å². The standard InChI is InChI=1S/C14H21N5S2/c1-3-9-7-11-12(16-14(18-15)17-13(11)21-9)19-5-6-20-10(4-2)8-19/h7,10H,3-6,8,15H2,1-2H3,(H,16,17,18). The first kappa shape index (κ1) is 14.9. The summed E-state index contributed by atoms with van der Waals surface area (Å²) in [5.41, 5.74) is 2.60. The van der Waals surface area contributed by atoms with E-state index in [1.165, 1.54) is 11.3 Å². The van der Waals surface area contributed by atoms with E-state index in [2.05, 4.69) is 52.0 Å². The second-order valence-corrected chi connectivity index (χ2v) is 7.67. The molecule has 1 fully saturated rings. The van der Waals surface area contributed by atoms with Crippen LogP contribution in [0.2, 0.25) is 0 Å². The topological polar surface area (TPSA) is 67.1 Å². The van der Waals surface area contributed by atoms with E-state index < -0.39 is 0 Å². The molecule has 0 bridgehead atoms. The Bertz CT molecular complexity index is 627. The van der Waals surface area contributed by atoms with Gasteiger partial charge >= 0.3 is 0 Å². The van der Waals surface area contributed by atoms with E-state index >= 15 is 0 Å². The number of hydrogen-bond acceptors (Lipinski definition) is 7. The quantitative estimate of drug-likeness (QED) is 0.666. The zero-order valence-corrected chi connectivity index (χ0v) is 14.1. The Morgan fingerprint density at radius 2 is 2.29 bits per heavy atom. The number of fused-ring (bicyclic) bond motifs is 1. The van der Waals surface area contributed by atoms with Crippen molar-refractivity contribution in [2.75, 3.05) is 29.2 Å². The molecule has 5 nitrogen and oxygen atoms in total. The third-order valence-corrected chi connectivity index (χ3v) is 6.34. The van der Waals surface area contributed by atoms with Crippen LogP contribution in [-0.4, -0.2) is 34.1 Å². The van der Waals surface area contributed by atoms with Gasteiger partial charge in [-0.1, -0.05) is 13.8 Å². The number of thiophene rings is 1. The van der Waals surface area contributed by atoms with Gasteiger partial charge in [0, 0.05) is 29.0 Å². The van der Waals surface area contributed by atoms with Crippen molar-refractivity contribution < 1.29 is 0 Å². The van der Waals surface area contributed by atoms with Crippen molar-refractivity contribution >= 4 is 45.1 Å². The van der Waals surface area contributed by atoms with Gasteiger partial charge in [0.2, 0.25) is 5.95 Å². The minimum absolute atomic E-state index is 0.508. The number of nitrogen functional groups attached to an aromatic ring is 1. The van der Waals surface area contributed by atoms with Gasteiger partial charge < -0.3 is 4.90 Å². The normalized spacial score (nSPS) is 19.2. The van der Waals surface area contributed by atoms with Crippen molar-refractivity contribution in [2.45, 2.75) is 31.9 Å². The second kappa shape index (κ2) is 6.37. The lowest BCUT2D eigenvalue weighted by atomic mass is 10.2. The summed E-state index contributed by atoms with van der Waals surface area (Å²) >= 11 is 3.80. The Morgan fingerprint density at radius 1 is 1.43 bits per heavy atom. The highest BCUT2D eigenvalue weighted by atomic mass is 32.2. The number of anilines is 2. The molecule has 1 unspecified atom stereocenters. The summed E-state index contributed by atoms with van der Waals surface area (Å²) in [5.74, 6) is 8.23. The van der Waals surface area contributed by atoms with Crippen LogP contribution in [-0.2, 0) is 6.42 Å². The summed E-state index contributed by atoms with van der Waals surface area (Å²) in [4.78, 5) is 13.9. The van der Waals surface area contributed by atoms with Gasteiger partial charge in [-0.25, -0.2) is 10.8 Å². The fourth-order valence-corrected chi connectivity index (χ4v) is 4.74. The van der Waals surface area contributed by atoms with Gasteiger partial charge in [-0.05, 0) is 18.9 Å². The zero-order valence-electron chi connectivity index (χ0n) is 12.4. The number of nitrogens with zero attached hydrogens (tertiary/aromatic N) is 3. The number of aryl methyl sites for hydroxylation is 1. The van der Waals surface area contributed by atoms with Gasteiger partial charge in [-0.3, -0.25) is 5.43 Å². The molecule has 0 amide bonds. The predicted molar refractivity (Wildman–Crippen MR) is 93.4 cm³/mol. The maximum Gasteiger partial charge on any atom is 0.240 e. The molecule has 1 saturated heterocycles. The van der Waals surface area contributed by atoms with Gasteiger partial charge in [0.05, 0.1) is 5.39 Å². The van der Waals surface area contributed by atoms with E-state index in [1.807, 2.05) is 0 Å². The van der Waals surface area contributed by atoms with Crippen molar-refractivity contribution in [3.63, 3.8) is 0 Å². The molecule has 2 aromatic heterocycles. The molecule has 0 radical (unpaired) electrons. The van der Waals surface area contributed by atoms with Crippen LogP contribution in [0, 0.1) is 0 Å². The third-order valence-electron chi connectivity index (χ3n) is 3.79. The van der Waals surface area contributed by atoms with Crippen molar-refractivity contribution in [2.24, 2.45) is 5.84 Å². The molecular formula is C14H21N5S2. The summed E-state index contributed by atoms with van der Waals surface area (Å²) < 4.78 is 0. The van der Waals surface area contributed by atoms with Gasteiger partial charge in [-0.15, -0.1) is 11.3 Å². The van der Waals surface area contributed by atoms with E-state index in [0.717, 1.165) is 41.3 Å². The molecule has 3 N–H and O–H groups in total. The Labute approximate surface area is 133 Å². The monoisotopic (exact) mass is 323 g/mol. The van der Waals surface area contributed by atoms with Gasteiger partial charge in [0.25, 0.3) is 0 Å². The first-order valence-electron chi connectivity index (χ1n) is 7.38. The number of aromatic nitrogens is 2. The van der Waals surface area contributed by atoms with Gasteiger partial charge in [-0.2, -0.15) is 16.7 Å². The van der Waals surface area contributed by atoms with E-state index in [-0.39, 0.29) is 0 Å². The average molecular weight is 323 g/mol. The first-order valence-corrected chi connectivity index (χ1v) is 9.25. The molecule has 3 heterocycles. The predicted octanol–water partition coefficient (Wildman–Crippen LogP) is 2.87. The zero-order chi connectivity index (χ0) is 14.8. The maximum absolute atomic E-state index is 5.54. The number of nitrogens with one attached hydrogen (secondary N) is 1. The molecule has 0 aliphatic carbocycles. The van der Waals surface area contributed by atoms with Crippen LogP contribution >= 0.6 is 23.1 Å². The van der Waals surface area contributed by atoms with Gasteiger partial charge in [0.15, 0.2) is 0 Å². The molecule has 1 aliphatic heterocycles. The molecule has 0 spiro atoms. The van der Waals surface area contributed by atoms with Crippen molar-refractivity contribution in [3.8, 4) is 0 Å². The lowest BCUT2D eigenvalue weighted by molar-refractivity contribution is 0.722. The van der Waals surface area contributed by atoms with Crippen LogP contribution in [0.15, 0.2) is 6.07 Å². The molecule has 114 valence electrons. The van der Waals surface area contributed by atoms with E-state index in [0.29, 0.717) is 11.2 Å². The maximum atomic E-state index is 5.54. The molecule has 0 saturated carbocycles. The van der Waals surface area contributed by atoms with Crippen LogP contribution in [0.3, 0.4) is 0 Å². The minimum atomic E-state index is 0.508. The summed E-state index contributed by atoms with van der Waals surface area (Å²) in [6, 6.07) is 2.23. The molecule has 1 atom stereocenters. The highest BCUT2D eigenvalue weighted by molar-refractivity contribution is 8.00. The highest BCUT2D eigenvalue weighted by Gasteiger charge is 2.23. The lowest BCUT2D eigenvalue weighted by Crippen LogP contribution is -2.38. The number of rotatable bonds is 4. The van der Waals surface area contributed by atoms with Gasteiger partial charge in [0.1, 0.15) is 10.6 Å². The molecule has 0 aromatic carbocycles. The first-order chi connectivity index (χ1) is 10.2. The van der Waals surface area contributed by atoms with E-state index in [1.54, 1.807) is 11.3 Å². The Kier molecular flexibility index (Phi) is 4.51. The smallest absolute Gasteiger partial charge is 0.240 e. The van der Waals surface area contributed by atoms with Crippen LogP contribution in [0.1, 0.15) is 25.1 Å². The summed E-state index contributed by atoms with van der Waals surface area (Å²) in [6.07, 6.45) is 2.22. The number of hydrazine groups is 1. The summed E-state index contributed by atoms with van der Waals surface area (Å²) in [7, 11) is 0. The average Bonchev–Trinajstić information content (AvgIpc) is 2.96. The number of thioether (sulfide) groups is 1. The fourth-order valence-electron chi connectivity index (χ4n) is 2.59. The molecule has 21 heavy (non-hydrogen) atoms. The number of hydrogen-bond donors (Lipinski definition) is 2. The lowest BCUT2D eigenvalue weighted by Gasteiger charge is -2.33. The Balaban J connectivity index is 2.04. The summed E-state index contributed by atoms with van der Waals surface area (Å²) in [6.45, 7) is 6.51. The number of nitrogens with two attached hydrogens (primary N) is 1. The van der Waals surface area contributed by atoms with Crippen LogP contribution in [0.4, 0.5) is 11.8 Å². The fraction of sp³-hybridized carbons (Fsp3) is 0.571. The van der Waals surface area contributed by atoms with Crippen molar-refractivity contribution in [1.29, 1.82) is 0 Å². The molecular weight excluding hydrogens is 302 g/mol. The van der Waals surface area contributed by atoms with Crippen LogP contribution in [0.25, 0.3) is 10.2 Å². The van der Waals surface area contributed by atoms with E-state index in [4.69, 9.17) is 5.84 Å². The highest BCUT2D eigenvalue weighted by Crippen LogP contribution is 2.34. The van der Waals surface area contributed by atoms with Crippen LogP contribution < -0.4 is 16.2 Å².